The fourth-order valence-corrected chi connectivity index (χ4v) is 1.70. The Balaban J connectivity index is 2.60. The maximum atomic E-state index is 9.28. The molecule has 0 aromatic heterocycles. The van der Waals surface area contributed by atoms with Gasteiger partial charge in [0.25, 0.3) is 0 Å². The van der Waals surface area contributed by atoms with Crippen LogP contribution in [0.15, 0.2) is 30.3 Å². The molecule has 5 heteroatoms. The summed E-state index contributed by atoms with van der Waals surface area (Å²) in [5.74, 6) is 0. The van der Waals surface area contributed by atoms with Crippen LogP contribution in [0.1, 0.15) is 13.3 Å². The molecule has 4 nitrogen and oxygen atoms in total. The Morgan fingerprint density at radius 2 is 1.82 bits per heavy atom. The molecular formula is C12H18N2O2S. The van der Waals surface area contributed by atoms with E-state index in [0.717, 1.165) is 5.69 Å². The Bertz CT molecular complexity index is 345. The summed E-state index contributed by atoms with van der Waals surface area (Å²) in [4.78, 5) is 0. The van der Waals surface area contributed by atoms with Gasteiger partial charge in [0.2, 0.25) is 0 Å². The zero-order valence-corrected chi connectivity index (χ0v) is 10.6. The van der Waals surface area contributed by atoms with Crippen molar-refractivity contribution in [3.63, 3.8) is 0 Å². The van der Waals surface area contributed by atoms with Crippen molar-refractivity contribution in [2.75, 3.05) is 18.5 Å². The largest absolute Gasteiger partial charge is 0.394 e. The van der Waals surface area contributed by atoms with Gasteiger partial charge in [-0.1, -0.05) is 25.1 Å². The highest BCUT2D eigenvalue weighted by molar-refractivity contribution is 7.80. The molecule has 17 heavy (non-hydrogen) atoms. The lowest BCUT2D eigenvalue weighted by molar-refractivity contribution is 0.103. The van der Waals surface area contributed by atoms with E-state index < -0.39 is 5.54 Å². The zero-order chi connectivity index (χ0) is 12.7. The molecule has 0 heterocycles. The Morgan fingerprint density at radius 1 is 1.24 bits per heavy atom. The summed E-state index contributed by atoms with van der Waals surface area (Å²) < 4.78 is 0. The predicted molar refractivity (Wildman–Crippen MR) is 73.0 cm³/mol. The third kappa shape index (κ3) is 3.96. The number of anilines is 1. The number of aliphatic hydroxyl groups excluding tert-OH is 2. The molecule has 0 aliphatic rings. The van der Waals surface area contributed by atoms with Crippen molar-refractivity contribution < 1.29 is 10.2 Å². The average molecular weight is 254 g/mol. The summed E-state index contributed by atoms with van der Waals surface area (Å²) in [7, 11) is 0. The number of hydrogen-bond acceptors (Lipinski definition) is 3. The highest BCUT2D eigenvalue weighted by atomic mass is 32.1. The van der Waals surface area contributed by atoms with E-state index in [0.29, 0.717) is 11.5 Å². The normalized spacial score (nSPS) is 11.0. The van der Waals surface area contributed by atoms with Crippen LogP contribution in [0.3, 0.4) is 0 Å². The van der Waals surface area contributed by atoms with Crippen LogP contribution in [-0.4, -0.2) is 34.1 Å². The van der Waals surface area contributed by atoms with Crippen LogP contribution in [0.5, 0.6) is 0 Å². The van der Waals surface area contributed by atoms with Crippen LogP contribution in [-0.2, 0) is 0 Å². The molecule has 0 saturated heterocycles. The number of hydrogen-bond donors (Lipinski definition) is 4. The van der Waals surface area contributed by atoms with Crippen LogP contribution in [0.25, 0.3) is 0 Å². The van der Waals surface area contributed by atoms with Gasteiger partial charge in [-0.05, 0) is 30.8 Å². The van der Waals surface area contributed by atoms with Gasteiger partial charge in [0.1, 0.15) is 0 Å². The summed E-state index contributed by atoms with van der Waals surface area (Å²) in [6, 6.07) is 9.49. The van der Waals surface area contributed by atoms with Crippen molar-refractivity contribution in [2.24, 2.45) is 0 Å². The van der Waals surface area contributed by atoms with Gasteiger partial charge in [-0.25, -0.2) is 0 Å². The minimum absolute atomic E-state index is 0.170. The molecule has 0 radical (unpaired) electrons. The van der Waals surface area contributed by atoms with Crippen molar-refractivity contribution in [1.29, 1.82) is 0 Å². The summed E-state index contributed by atoms with van der Waals surface area (Å²) in [5.41, 5.74) is 0.102. The molecule has 0 aliphatic heterocycles. The Morgan fingerprint density at radius 3 is 2.29 bits per heavy atom. The highest BCUT2D eigenvalue weighted by Crippen LogP contribution is 2.10. The standard InChI is InChI=1S/C12H18N2O2S/c1-2-12(8-15,9-16)14-11(17)13-10-6-4-3-5-7-10/h3-7,15-16H,2,8-9H2,1H3,(H2,13,14,17). The van der Waals surface area contributed by atoms with Crippen LogP contribution in [0.4, 0.5) is 5.69 Å². The molecule has 1 aromatic carbocycles. The predicted octanol–water partition coefficient (Wildman–Crippen LogP) is 1.11. The highest BCUT2D eigenvalue weighted by Gasteiger charge is 2.27. The molecule has 0 fully saturated rings. The fourth-order valence-electron chi connectivity index (χ4n) is 1.37. The van der Waals surface area contributed by atoms with Gasteiger partial charge < -0.3 is 20.8 Å². The van der Waals surface area contributed by atoms with Gasteiger partial charge in [0, 0.05) is 5.69 Å². The van der Waals surface area contributed by atoms with Gasteiger partial charge in [-0.3, -0.25) is 0 Å². The molecule has 0 atom stereocenters. The van der Waals surface area contributed by atoms with Crippen molar-refractivity contribution in [3.05, 3.63) is 30.3 Å². The summed E-state index contributed by atoms with van der Waals surface area (Å²) in [5, 5.41) is 24.9. The number of para-hydroxylation sites is 1. The van der Waals surface area contributed by atoms with Gasteiger partial charge in [-0.2, -0.15) is 0 Å². The van der Waals surface area contributed by atoms with Gasteiger partial charge in [0.15, 0.2) is 5.11 Å². The lowest BCUT2D eigenvalue weighted by atomic mass is 9.99. The molecule has 0 bridgehead atoms. The first-order valence-electron chi connectivity index (χ1n) is 5.52. The number of aliphatic hydroxyl groups is 2. The maximum Gasteiger partial charge on any atom is 0.171 e. The summed E-state index contributed by atoms with van der Waals surface area (Å²) in [6.07, 6.45) is 0.580. The minimum atomic E-state index is -0.765. The van der Waals surface area contributed by atoms with E-state index in [2.05, 4.69) is 10.6 Å². The third-order valence-electron chi connectivity index (χ3n) is 2.69. The van der Waals surface area contributed by atoms with Crippen molar-refractivity contribution in [1.82, 2.24) is 5.32 Å². The molecule has 0 saturated carbocycles. The number of thiocarbonyl (C=S) groups is 1. The van der Waals surface area contributed by atoms with Crippen LogP contribution in [0.2, 0.25) is 0 Å². The molecule has 94 valence electrons. The Labute approximate surface area is 107 Å². The van der Waals surface area contributed by atoms with Crippen molar-refractivity contribution in [3.8, 4) is 0 Å². The zero-order valence-electron chi connectivity index (χ0n) is 9.81. The van der Waals surface area contributed by atoms with Crippen LogP contribution >= 0.6 is 12.2 Å². The Hall–Kier alpha value is -1.17. The second-order valence-corrected chi connectivity index (χ2v) is 4.30. The van der Waals surface area contributed by atoms with Crippen LogP contribution < -0.4 is 10.6 Å². The topological polar surface area (TPSA) is 64.5 Å². The molecule has 1 rings (SSSR count). The smallest absolute Gasteiger partial charge is 0.171 e. The lowest BCUT2D eigenvalue weighted by Crippen LogP contribution is -2.54. The number of benzene rings is 1. The maximum absolute atomic E-state index is 9.28. The number of nitrogens with one attached hydrogen (secondary N) is 2. The minimum Gasteiger partial charge on any atom is -0.394 e. The molecular weight excluding hydrogens is 236 g/mol. The summed E-state index contributed by atoms with van der Waals surface area (Å²) in [6.45, 7) is 1.54. The first-order chi connectivity index (χ1) is 8.15. The summed E-state index contributed by atoms with van der Waals surface area (Å²) >= 11 is 5.14. The second-order valence-electron chi connectivity index (χ2n) is 3.90. The molecule has 0 aliphatic carbocycles. The molecule has 0 amide bonds. The van der Waals surface area contributed by atoms with E-state index in [1.54, 1.807) is 0 Å². The van der Waals surface area contributed by atoms with Crippen molar-refractivity contribution >= 4 is 23.0 Å². The SMILES string of the molecule is CCC(CO)(CO)NC(=S)Nc1ccccc1. The van der Waals surface area contributed by atoms with E-state index in [9.17, 15) is 10.2 Å². The van der Waals surface area contributed by atoms with Crippen molar-refractivity contribution in [2.45, 2.75) is 18.9 Å². The van der Waals surface area contributed by atoms with E-state index in [-0.39, 0.29) is 13.2 Å². The van der Waals surface area contributed by atoms with Crippen LogP contribution in [0, 0.1) is 0 Å². The van der Waals surface area contributed by atoms with E-state index in [4.69, 9.17) is 12.2 Å². The van der Waals surface area contributed by atoms with Gasteiger partial charge >= 0.3 is 0 Å². The van der Waals surface area contributed by atoms with Gasteiger partial charge in [0.05, 0.1) is 18.8 Å². The quantitative estimate of drug-likeness (QED) is 0.593. The molecule has 0 spiro atoms. The van der Waals surface area contributed by atoms with E-state index >= 15 is 0 Å². The van der Waals surface area contributed by atoms with E-state index in [1.165, 1.54) is 0 Å². The monoisotopic (exact) mass is 254 g/mol. The molecule has 1 aromatic rings. The Kier molecular flexibility index (Phi) is 5.34. The third-order valence-corrected chi connectivity index (χ3v) is 2.90. The molecule has 0 unspecified atom stereocenters. The molecule has 4 N–H and O–H groups in total. The van der Waals surface area contributed by atoms with Gasteiger partial charge in [-0.15, -0.1) is 0 Å². The first kappa shape index (κ1) is 13.9. The van der Waals surface area contributed by atoms with E-state index in [1.807, 2.05) is 37.3 Å². The lowest BCUT2D eigenvalue weighted by Gasteiger charge is -2.31. The average Bonchev–Trinajstić information content (AvgIpc) is 2.37. The first-order valence-corrected chi connectivity index (χ1v) is 5.92. The second kappa shape index (κ2) is 6.54. The number of rotatable bonds is 5. The fraction of sp³-hybridized carbons (Fsp3) is 0.417.